The SMILES string of the molecule is COc1ccc(OCc2ccccc2)cc1C(=CC(=O)O)c1ncc(C)s1. The summed E-state index contributed by atoms with van der Waals surface area (Å²) in [6.07, 6.45) is 2.87. The van der Waals surface area contributed by atoms with E-state index < -0.39 is 5.97 Å². The summed E-state index contributed by atoms with van der Waals surface area (Å²) < 4.78 is 11.3. The normalized spacial score (nSPS) is 11.3. The Hall–Kier alpha value is -3.12. The summed E-state index contributed by atoms with van der Waals surface area (Å²) in [7, 11) is 1.55. The number of benzene rings is 2. The van der Waals surface area contributed by atoms with Gasteiger partial charge in [-0.1, -0.05) is 30.3 Å². The molecule has 0 saturated carbocycles. The van der Waals surface area contributed by atoms with Gasteiger partial charge in [-0.2, -0.15) is 0 Å². The van der Waals surface area contributed by atoms with Crippen molar-refractivity contribution in [2.75, 3.05) is 7.11 Å². The van der Waals surface area contributed by atoms with E-state index in [1.54, 1.807) is 31.5 Å². The minimum absolute atomic E-state index is 0.418. The molecule has 0 atom stereocenters. The minimum atomic E-state index is -1.05. The summed E-state index contributed by atoms with van der Waals surface area (Å²) in [6.45, 7) is 2.34. The summed E-state index contributed by atoms with van der Waals surface area (Å²) in [5.41, 5.74) is 2.16. The zero-order chi connectivity index (χ0) is 19.2. The fourth-order valence-electron chi connectivity index (χ4n) is 2.59. The number of carboxylic acid groups (broad SMARTS) is 1. The number of aryl methyl sites for hydroxylation is 1. The summed E-state index contributed by atoms with van der Waals surface area (Å²) in [4.78, 5) is 16.7. The molecule has 27 heavy (non-hydrogen) atoms. The van der Waals surface area contributed by atoms with Gasteiger partial charge in [-0.25, -0.2) is 9.78 Å². The maximum Gasteiger partial charge on any atom is 0.329 e. The second-order valence-electron chi connectivity index (χ2n) is 5.81. The Bertz CT molecular complexity index is 963. The molecule has 0 radical (unpaired) electrons. The van der Waals surface area contributed by atoms with Gasteiger partial charge in [-0.05, 0) is 30.7 Å². The Morgan fingerprint density at radius 2 is 2.00 bits per heavy atom. The summed E-state index contributed by atoms with van der Waals surface area (Å²) in [5, 5.41) is 9.95. The first-order valence-electron chi connectivity index (χ1n) is 8.29. The number of nitrogens with zero attached hydrogens (tertiary/aromatic N) is 1. The minimum Gasteiger partial charge on any atom is -0.496 e. The predicted octanol–water partition coefficient (Wildman–Crippen LogP) is 4.56. The van der Waals surface area contributed by atoms with Gasteiger partial charge >= 0.3 is 5.97 Å². The number of rotatable bonds is 7. The van der Waals surface area contributed by atoms with Crippen LogP contribution >= 0.6 is 11.3 Å². The van der Waals surface area contributed by atoms with Crippen molar-refractivity contribution in [3.63, 3.8) is 0 Å². The first kappa shape index (κ1) is 18.7. The van der Waals surface area contributed by atoms with Crippen LogP contribution in [0.3, 0.4) is 0 Å². The highest BCUT2D eigenvalue weighted by Gasteiger charge is 2.17. The van der Waals surface area contributed by atoms with Gasteiger partial charge in [0, 0.05) is 28.3 Å². The van der Waals surface area contributed by atoms with Crippen molar-refractivity contribution in [1.29, 1.82) is 0 Å². The van der Waals surface area contributed by atoms with Crippen LogP contribution in [0.4, 0.5) is 0 Å². The molecule has 0 aliphatic carbocycles. The number of thiazole rings is 1. The van der Waals surface area contributed by atoms with Crippen LogP contribution < -0.4 is 9.47 Å². The second-order valence-corrected chi connectivity index (χ2v) is 7.04. The average Bonchev–Trinajstić information content (AvgIpc) is 3.11. The highest BCUT2D eigenvalue weighted by Crippen LogP contribution is 2.35. The van der Waals surface area contributed by atoms with E-state index in [-0.39, 0.29) is 0 Å². The van der Waals surface area contributed by atoms with E-state index in [0.29, 0.717) is 34.3 Å². The molecule has 3 aromatic rings. The number of hydrogen-bond acceptors (Lipinski definition) is 5. The quantitative estimate of drug-likeness (QED) is 0.608. The summed E-state index contributed by atoms with van der Waals surface area (Å²) >= 11 is 1.43. The van der Waals surface area contributed by atoms with E-state index in [2.05, 4.69) is 4.98 Å². The van der Waals surface area contributed by atoms with E-state index in [4.69, 9.17) is 9.47 Å². The predicted molar refractivity (Wildman–Crippen MR) is 105 cm³/mol. The van der Waals surface area contributed by atoms with Crippen molar-refractivity contribution in [3.8, 4) is 11.5 Å². The molecular weight excluding hydrogens is 362 g/mol. The van der Waals surface area contributed by atoms with Gasteiger partial charge in [0.05, 0.1) is 7.11 Å². The lowest BCUT2D eigenvalue weighted by molar-refractivity contribution is -0.131. The number of ether oxygens (including phenoxy) is 2. The molecular formula is C21H19NO4S. The Morgan fingerprint density at radius 1 is 1.22 bits per heavy atom. The number of hydrogen-bond donors (Lipinski definition) is 1. The standard InChI is InChI=1S/C21H19NO4S/c1-14-12-22-21(27-14)18(11-20(23)24)17-10-16(8-9-19(17)25-2)26-13-15-6-4-3-5-7-15/h3-12H,13H2,1-2H3,(H,23,24). The molecule has 0 unspecified atom stereocenters. The van der Waals surface area contributed by atoms with Crippen molar-refractivity contribution < 1.29 is 19.4 Å². The first-order chi connectivity index (χ1) is 13.1. The molecule has 0 aliphatic rings. The number of methoxy groups -OCH3 is 1. The van der Waals surface area contributed by atoms with Crippen LogP contribution in [0.5, 0.6) is 11.5 Å². The third kappa shape index (κ3) is 4.74. The average molecular weight is 381 g/mol. The second kappa shape index (κ2) is 8.51. The number of aromatic nitrogens is 1. The van der Waals surface area contributed by atoms with E-state index in [1.165, 1.54) is 11.3 Å². The molecule has 1 N–H and O–H groups in total. The molecule has 5 nitrogen and oxygen atoms in total. The molecule has 0 amide bonds. The van der Waals surface area contributed by atoms with E-state index >= 15 is 0 Å². The van der Waals surface area contributed by atoms with Gasteiger partial charge in [0.25, 0.3) is 0 Å². The van der Waals surface area contributed by atoms with Gasteiger partial charge in [0.15, 0.2) is 0 Å². The Morgan fingerprint density at radius 3 is 2.63 bits per heavy atom. The lowest BCUT2D eigenvalue weighted by Gasteiger charge is -2.13. The largest absolute Gasteiger partial charge is 0.496 e. The van der Waals surface area contributed by atoms with E-state index in [0.717, 1.165) is 16.5 Å². The lowest BCUT2D eigenvalue weighted by atomic mass is 10.0. The summed E-state index contributed by atoms with van der Waals surface area (Å²) in [6, 6.07) is 15.2. The Kier molecular flexibility index (Phi) is 5.88. The molecule has 3 rings (SSSR count). The molecule has 0 aliphatic heterocycles. The van der Waals surface area contributed by atoms with Crippen molar-refractivity contribution in [2.45, 2.75) is 13.5 Å². The molecule has 0 saturated heterocycles. The molecule has 1 aromatic heterocycles. The highest BCUT2D eigenvalue weighted by molar-refractivity contribution is 7.12. The molecule has 0 bridgehead atoms. The number of aliphatic carboxylic acids is 1. The van der Waals surface area contributed by atoms with Crippen LogP contribution in [0.15, 0.2) is 60.8 Å². The molecule has 0 spiro atoms. The van der Waals surface area contributed by atoms with Crippen LogP contribution in [0.2, 0.25) is 0 Å². The summed E-state index contributed by atoms with van der Waals surface area (Å²) in [5.74, 6) is 0.136. The maximum atomic E-state index is 11.4. The fraction of sp³-hybridized carbons (Fsp3) is 0.143. The van der Waals surface area contributed by atoms with Crippen LogP contribution in [0.1, 0.15) is 21.0 Å². The van der Waals surface area contributed by atoms with Crippen LogP contribution in [-0.2, 0) is 11.4 Å². The Labute approximate surface area is 161 Å². The van der Waals surface area contributed by atoms with Crippen molar-refractivity contribution in [3.05, 3.63) is 81.8 Å². The topological polar surface area (TPSA) is 68.7 Å². The first-order valence-corrected chi connectivity index (χ1v) is 9.11. The smallest absolute Gasteiger partial charge is 0.329 e. The molecule has 1 heterocycles. The van der Waals surface area contributed by atoms with Crippen molar-refractivity contribution in [2.24, 2.45) is 0 Å². The maximum absolute atomic E-state index is 11.4. The third-order valence-corrected chi connectivity index (χ3v) is 4.77. The molecule has 2 aromatic carbocycles. The van der Waals surface area contributed by atoms with E-state index in [1.807, 2.05) is 37.3 Å². The lowest BCUT2D eigenvalue weighted by Crippen LogP contribution is -2.00. The third-order valence-electron chi connectivity index (χ3n) is 3.83. The van der Waals surface area contributed by atoms with Crippen LogP contribution in [0, 0.1) is 6.92 Å². The molecule has 138 valence electrons. The zero-order valence-electron chi connectivity index (χ0n) is 15.0. The van der Waals surface area contributed by atoms with Gasteiger partial charge in [-0.3, -0.25) is 0 Å². The van der Waals surface area contributed by atoms with Gasteiger partial charge in [-0.15, -0.1) is 11.3 Å². The molecule has 0 fully saturated rings. The highest BCUT2D eigenvalue weighted by atomic mass is 32.1. The monoisotopic (exact) mass is 381 g/mol. The zero-order valence-corrected chi connectivity index (χ0v) is 15.8. The van der Waals surface area contributed by atoms with Gasteiger partial charge in [0.2, 0.25) is 0 Å². The van der Waals surface area contributed by atoms with Gasteiger partial charge < -0.3 is 14.6 Å². The van der Waals surface area contributed by atoms with E-state index in [9.17, 15) is 9.90 Å². The van der Waals surface area contributed by atoms with Crippen molar-refractivity contribution >= 4 is 22.9 Å². The molecule has 6 heteroatoms. The number of carbonyl (C=O) groups is 1. The number of carboxylic acids is 1. The fourth-order valence-corrected chi connectivity index (χ4v) is 3.38. The van der Waals surface area contributed by atoms with Crippen molar-refractivity contribution in [1.82, 2.24) is 4.98 Å². The van der Waals surface area contributed by atoms with Crippen LogP contribution in [-0.4, -0.2) is 23.2 Å². The Balaban J connectivity index is 1.97. The van der Waals surface area contributed by atoms with Crippen LogP contribution in [0.25, 0.3) is 5.57 Å². The van der Waals surface area contributed by atoms with Gasteiger partial charge in [0.1, 0.15) is 23.1 Å².